The summed E-state index contributed by atoms with van der Waals surface area (Å²) in [7, 11) is 0. The molecule has 0 radical (unpaired) electrons. The number of ether oxygens (including phenoxy) is 5. The number of esters is 2. The molecule has 62 heavy (non-hydrogen) atoms. The number of aliphatic hydroxyl groups is 1. The van der Waals surface area contributed by atoms with Gasteiger partial charge in [-0.25, -0.2) is 19.2 Å². The van der Waals surface area contributed by atoms with E-state index in [2.05, 4.69) is 35.1 Å². The lowest BCUT2D eigenvalue weighted by Crippen LogP contribution is -2.43. The third-order valence-electron chi connectivity index (χ3n) is 6.89. The van der Waals surface area contributed by atoms with E-state index in [1.807, 2.05) is 0 Å². The van der Waals surface area contributed by atoms with Crippen molar-refractivity contribution in [3.05, 3.63) is 38.0 Å². The highest BCUT2D eigenvalue weighted by Gasteiger charge is 2.24. The number of unbranched alkanes of at least 4 members (excludes halogenated alkanes) is 3. The highest BCUT2D eigenvalue weighted by atomic mass is 16.6. The van der Waals surface area contributed by atoms with Crippen molar-refractivity contribution in [1.29, 1.82) is 5.26 Å². The Morgan fingerprint density at radius 2 is 1.03 bits per heavy atom. The minimum atomic E-state index is -1.13. The second kappa shape index (κ2) is 39.5. The minimum absolute atomic E-state index is 0.0127. The van der Waals surface area contributed by atoms with E-state index in [0.717, 1.165) is 0 Å². The van der Waals surface area contributed by atoms with Gasteiger partial charge in [-0.2, -0.15) is 5.26 Å². The summed E-state index contributed by atoms with van der Waals surface area (Å²) in [6.45, 7) is 21.4. The SMILES string of the molecule is C=CCCC(=O)OCCCC[C@H](N)C(=O)O.C=CCCC(=O)OCCCC[C@H](NC(=O)OC(C)(C)C)C(=O)O.C=CCOC#N.CC(C)(C)OC(=O)N[C@@H](CCCCO)C(=O)O. The topological polar surface area (TPSA) is 320 Å². The Bertz CT molecular complexity index is 1370. The lowest BCUT2D eigenvalue weighted by molar-refractivity contribution is -0.144. The Morgan fingerprint density at radius 3 is 1.32 bits per heavy atom. The number of carboxylic acids is 3. The van der Waals surface area contributed by atoms with E-state index in [1.54, 1.807) is 53.7 Å². The molecular weight excluding hydrogens is 816 g/mol. The molecule has 356 valence electrons. The van der Waals surface area contributed by atoms with E-state index in [0.29, 0.717) is 83.8 Å². The molecule has 0 unspecified atom stereocenters. The Labute approximate surface area is 365 Å². The first-order valence-corrected chi connectivity index (χ1v) is 20.1. The van der Waals surface area contributed by atoms with Crippen LogP contribution in [0.4, 0.5) is 9.59 Å². The molecule has 0 aromatic heterocycles. The van der Waals surface area contributed by atoms with Gasteiger partial charge in [-0.05, 0) is 112 Å². The molecule has 2 amide bonds. The average molecular weight is 889 g/mol. The fourth-order valence-corrected chi connectivity index (χ4v) is 3.97. The van der Waals surface area contributed by atoms with E-state index in [1.165, 1.54) is 12.3 Å². The summed E-state index contributed by atoms with van der Waals surface area (Å²) in [5.41, 5.74) is 3.96. The van der Waals surface area contributed by atoms with Crippen LogP contribution in [0.5, 0.6) is 0 Å². The van der Waals surface area contributed by atoms with Crippen LogP contribution in [-0.4, -0.2) is 118 Å². The summed E-state index contributed by atoms with van der Waals surface area (Å²) in [6, 6.07) is -2.82. The summed E-state index contributed by atoms with van der Waals surface area (Å²) in [5.74, 6) is -3.77. The normalized spacial score (nSPS) is 11.7. The van der Waals surface area contributed by atoms with Crippen LogP contribution in [0.2, 0.25) is 0 Å². The molecule has 0 saturated heterocycles. The number of alkyl carbamates (subject to hydrolysis) is 2. The molecule has 20 heteroatoms. The van der Waals surface area contributed by atoms with Gasteiger partial charge in [-0.15, -0.1) is 13.2 Å². The molecule has 8 N–H and O–H groups in total. The number of rotatable bonds is 27. The van der Waals surface area contributed by atoms with Gasteiger partial charge in [0.25, 0.3) is 6.26 Å². The zero-order valence-corrected chi connectivity index (χ0v) is 37.3. The molecule has 0 aliphatic rings. The lowest BCUT2D eigenvalue weighted by atomic mass is 10.1. The molecular formula is C42H72N4O16. The van der Waals surface area contributed by atoms with Gasteiger partial charge in [0.2, 0.25) is 0 Å². The van der Waals surface area contributed by atoms with Gasteiger partial charge >= 0.3 is 42.0 Å². The third kappa shape index (κ3) is 48.7. The number of hydrogen-bond acceptors (Lipinski definition) is 15. The minimum Gasteiger partial charge on any atom is -0.480 e. The maximum atomic E-state index is 11.6. The van der Waals surface area contributed by atoms with Crippen molar-refractivity contribution in [3.63, 3.8) is 0 Å². The van der Waals surface area contributed by atoms with E-state index < -0.39 is 59.4 Å². The van der Waals surface area contributed by atoms with Crippen LogP contribution in [-0.2, 0) is 47.7 Å². The average Bonchev–Trinajstić information content (AvgIpc) is 3.16. The molecule has 0 fully saturated rings. The van der Waals surface area contributed by atoms with Crippen LogP contribution >= 0.6 is 0 Å². The monoisotopic (exact) mass is 888 g/mol. The molecule has 0 rings (SSSR count). The molecule has 3 atom stereocenters. The maximum absolute atomic E-state index is 11.6. The number of hydrogen-bond donors (Lipinski definition) is 7. The van der Waals surface area contributed by atoms with Gasteiger partial charge in [0.15, 0.2) is 0 Å². The largest absolute Gasteiger partial charge is 0.480 e. The van der Waals surface area contributed by atoms with E-state index in [-0.39, 0.29) is 38.0 Å². The van der Waals surface area contributed by atoms with Crippen LogP contribution in [0, 0.1) is 11.5 Å². The van der Waals surface area contributed by atoms with Crippen LogP contribution < -0.4 is 16.4 Å². The summed E-state index contributed by atoms with van der Waals surface area (Å²) in [5, 5.41) is 47.4. The van der Waals surface area contributed by atoms with Gasteiger partial charge in [-0.1, -0.05) is 24.8 Å². The number of aliphatic carboxylic acids is 3. The van der Waals surface area contributed by atoms with Crippen molar-refractivity contribution < 1.29 is 77.7 Å². The molecule has 0 aromatic rings. The zero-order valence-electron chi connectivity index (χ0n) is 37.3. The summed E-state index contributed by atoms with van der Waals surface area (Å²) in [6.07, 6.45) is 10.9. The number of carbonyl (C=O) groups is 7. The second-order valence-corrected chi connectivity index (χ2v) is 15.0. The van der Waals surface area contributed by atoms with Crippen LogP contribution in [0.3, 0.4) is 0 Å². The van der Waals surface area contributed by atoms with Crippen LogP contribution in [0.1, 0.15) is 125 Å². The summed E-state index contributed by atoms with van der Waals surface area (Å²) in [4.78, 5) is 77.6. The molecule has 0 saturated carbocycles. The smallest absolute Gasteiger partial charge is 0.408 e. The number of nitrogens with two attached hydrogens (primary N) is 1. The highest BCUT2D eigenvalue weighted by molar-refractivity contribution is 5.80. The number of nitrogens with zero attached hydrogens (tertiary/aromatic N) is 1. The van der Waals surface area contributed by atoms with Crippen LogP contribution in [0.15, 0.2) is 38.0 Å². The predicted molar refractivity (Wildman–Crippen MR) is 228 cm³/mol. The van der Waals surface area contributed by atoms with Crippen molar-refractivity contribution in [2.24, 2.45) is 5.73 Å². The fourth-order valence-electron chi connectivity index (χ4n) is 3.97. The molecule has 20 nitrogen and oxygen atoms in total. The third-order valence-corrected chi connectivity index (χ3v) is 6.89. The second-order valence-electron chi connectivity index (χ2n) is 15.0. The maximum Gasteiger partial charge on any atom is 0.408 e. The Morgan fingerprint density at radius 1 is 0.645 bits per heavy atom. The molecule has 0 aromatic carbocycles. The standard InChI is InChI=1S/C16H27NO6.C11H21NO5.C11H19NO4.C4H5NO/c1-5-6-10-13(18)22-11-8-7-9-12(14(19)20)17-15(21)23-16(2,3)4;1-11(2,3)17-10(16)12-8(9(14)15)6-4-5-7-13;1-2-3-7-10(13)16-8-5-4-6-9(12)11(14)15;1-2-3-6-4-5/h5,12H,1,6-11H2,2-4H3,(H,17,21)(H,19,20);8,13H,4-7H2,1-3H3,(H,12,16)(H,14,15);2,9H,1,3-8,12H2,(H,14,15);2H,1,3H2/t12-;8-;9-;/m000./s1. The van der Waals surface area contributed by atoms with Gasteiger partial charge in [0.05, 0.1) is 13.2 Å². The molecule has 0 bridgehead atoms. The Balaban J connectivity index is -0.000000387. The fraction of sp³-hybridized carbons (Fsp3) is 0.667. The zero-order chi connectivity index (χ0) is 48.6. The van der Waals surface area contributed by atoms with Gasteiger partial charge in [0.1, 0.15) is 35.9 Å². The first-order chi connectivity index (χ1) is 28.9. The molecule has 0 aliphatic heterocycles. The van der Waals surface area contributed by atoms with Crippen molar-refractivity contribution >= 4 is 42.0 Å². The first kappa shape index (κ1) is 63.0. The van der Waals surface area contributed by atoms with E-state index in [9.17, 15) is 33.6 Å². The number of amides is 2. The Kier molecular flexibility index (Phi) is 40.1. The van der Waals surface area contributed by atoms with Crippen molar-refractivity contribution in [1.82, 2.24) is 10.6 Å². The molecule has 0 spiro atoms. The number of carboxylic acid groups (broad SMARTS) is 3. The van der Waals surface area contributed by atoms with Gasteiger partial charge in [-0.3, -0.25) is 14.4 Å². The highest BCUT2D eigenvalue weighted by Crippen LogP contribution is 2.10. The first-order valence-electron chi connectivity index (χ1n) is 20.1. The lowest BCUT2D eigenvalue weighted by Gasteiger charge is -2.22. The van der Waals surface area contributed by atoms with E-state index >= 15 is 0 Å². The number of allylic oxidation sites excluding steroid dienone is 2. The summed E-state index contributed by atoms with van der Waals surface area (Å²) < 4.78 is 24.1. The van der Waals surface area contributed by atoms with Gasteiger partial charge < -0.3 is 60.5 Å². The molecule has 0 heterocycles. The van der Waals surface area contributed by atoms with Crippen molar-refractivity contribution in [2.45, 2.75) is 154 Å². The predicted octanol–water partition coefficient (Wildman–Crippen LogP) is 5.52. The van der Waals surface area contributed by atoms with Gasteiger partial charge in [0, 0.05) is 19.4 Å². The molecule has 0 aliphatic carbocycles. The number of aliphatic hydroxyl groups excluding tert-OH is 1. The Hall–Kier alpha value is -5.68. The number of nitrogens with one attached hydrogen (secondary N) is 2. The van der Waals surface area contributed by atoms with Crippen LogP contribution in [0.25, 0.3) is 0 Å². The van der Waals surface area contributed by atoms with Crippen molar-refractivity contribution in [3.8, 4) is 6.26 Å². The van der Waals surface area contributed by atoms with E-state index in [4.69, 9.17) is 50.4 Å². The quantitative estimate of drug-likeness (QED) is 0.0175. The summed E-state index contributed by atoms with van der Waals surface area (Å²) >= 11 is 0. The number of nitriles is 1. The number of carbonyl (C=O) groups excluding carboxylic acids is 4. The van der Waals surface area contributed by atoms with Crippen molar-refractivity contribution in [2.75, 3.05) is 26.4 Å².